The Bertz CT molecular complexity index is 722. The van der Waals surface area contributed by atoms with Gasteiger partial charge in [-0.05, 0) is 25.3 Å². The molecule has 0 aliphatic heterocycles. The number of carboxylic acid groups (broad SMARTS) is 1. The van der Waals surface area contributed by atoms with Gasteiger partial charge in [-0.3, -0.25) is 4.79 Å². The second kappa shape index (κ2) is 6.86. The molecule has 0 spiro atoms. The molecule has 0 radical (unpaired) electrons. The molecule has 0 bridgehead atoms. The molecule has 24 heavy (non-hydrogen) atoms. The fourth-order valence-corrected chi connectivity index (χ4v) is 2.87. The quantitative estimate of drug-likeness (QED) is 0.843. The summed E-state index contributed by atoms with van der Waals surface area (Å²) in [4.78, 5) is 29.6. The van der Waals surface area contributed by atoms with Gasteiger partial charge in [-0.1, -0.05) is 30.3 Å². The van der Waals surface area contributed by atoms with E-state index in [1.807, 2.05) is 34.9 Å². The Hall–Kier alpha value is -2.63. The molecule has 1 atom stereocenters. The first-order valence-electron chi connectivity index (χ1n) is 8.13. The maximum atomic E-state index is 12.7. The summed E-state index contributed by atoms with van der Waals surface area (Å²) in [7, 11) is 0. The first-order valence-corrected chi connectivity index (χ1v) is 8.13. The van der Waals surface area contributed by atoms with Gasteiger partial charge in [0.15, 0.2) is 0 Å². The Kier molecular flexibility index (Phi) is 4.64. The van der Waals surface area contributed by atoms with Gasteiger partial charge in [-0.25, -0.2) is 9.78 Å². The van der Waals surface area contributed by atoms with Crippen LogP contribution in [0.25, 0.3) is 0 Å². The van der Waals surface area contributed by atoms with Crippen LogP contribution in [0.15, 0.2) is 42.9 Å². The highest BCUT2D eigenvalue weighted by atomic mass is 16.4. The molecule has 1 aromatic carbocycles. The Morgan fingerprint density at radius 3 is 2.67 bits per heavy atom. The number of imidazole rings is 1. The maximum Gasteiger partial charge on any atom is 0.326 e. The standard InChI is InChI=1S/C18H21N3O3/c1-13(18(23)24)21(15-7-8-15)17(22)9-16-10-19-12-20(16)11-14-5-3-2-4-6-14/h2-6,10,12-13,15H,7-9,11H2,1H3,(H,23,24). The van der Waals surface area contributed by atoms with Gasteiger partial charge >= 0.3 is 5.97 Å². The average Bonchev–Trinajstić information content (AvgIpc) is 3.30. The number of amides is 1. The van der Waals surface area contributed by atoms with E-state index in [0.29, 0.717) is 6.54 Å². The number of aliphatic carboxylic acids is 1. The summed E-state index contributed by atoms with van der Waals surface area (Å²) in [5, 5.41) is 9.24. The minimum Gasteiger partial charge on any atom is -0.480 e. The lowest BCUT2D eigenvalue weighted by Crippen LogP contribution is -2.45. The number of aromatic nitrogens is 2. The third kappa shape index (κ3) is 3.64. The number of benzene rings is 1. The van der Waals surface area contributed by atoms with Crippen LogP contribution in [0, 0.1) is 0 Å². The maximum absolute atomic E-state index is 12.7. The molecule has 6 heteroatoms. The number of hydrogen-bond acceptors (Lipinski definition) is 3. The van der Waals surface area contributed by atoms with Crippen molar-refractivity contribution >= 4 is 11.9 Å². The van der Waals surface area contributed by atoms with Gasteiger partial charge in [0.05, 0.1) is 12.7 Å². The van der Waals surface area contributed by atoms with E-state index < -0.39 is 12.0 Å². The SMILES string of the molecule is CC(C(=O)O)N(C(=O)Cc1cncn1Cc1ccccc1)C1CC1. The van der Waals surface area contributed by atoms with Crippen LogP contribution in [0.5, 0.6) is 0 Å². The zero-order valence-electron chi connectivity index (χ0n) is 13.6. The van der Waals surface area contributed by atoms with Gasteiger partial charge in [0.2, 0.25) is 5.91 Å². The van der Waals surface area contributed by atoms with Gasteiger partial charge < -0.3 is 14.6 Å². The zero-order chi connectivity index (χ0) is 17.1. The van der Waals surface area contributed by atoms with Crippen LogP contribution in [0.1, 0.15) is 31.0 Å². The summed E-state index contributed by atoms with van der Waals surface area (Å²) in [5.74, 6) is -1.12. The summed E-state index contributed by atoms with van der Waals surface area (Å²) in [6.45, 7) is 2.21. The van der Waals surface area contributed by atoms with Crippen molar-refractivity contribution in [1.29, 1.82) is 0 Å². The molecular weight excluding hydrogens is 306 g/mol. The molecular formula is C18H21N3O3. The monoisotopic (exact) mass is 327 g/mol. The molecule has 6 nitrogen and oxygen atoms in total. The number of hydrogen-bond donors (Lipinski definition) is 1. The van der Waals surface area contributed by atoms with Crippen molar-refractivity contribution in [3.8, 4) is 0 Å². The third-order valence-corrected chi connectivity index (χ3v) is 4.33. The molecule has 0 saturated heterocycles. The second-order valence-electron chi connectivity index (χ2n) is 6.22. The van der Waals surface area contributed by atoms with Gasteiger partial charge in [-0.15, -0.1) is 0 Å². The van der Waals surface area contributed by atoms with Crippen molar-refractivity contribution in [2.45, 2.75) is 44.8 Å². The molecule has 1 unspecified atom stereocenters. The largest absolute Gasteiger partial charge is 0.480 e. The molecule has 1 fully saturated rings. The van der Waals surface area contributed by atoms with Crippen molar-refractivity contribution < 1.29 is 14.7 Å². The van der Waals surface area contributed by atoms with Gasteiger partial charge in [0, 0.05) is 24.5 Å². The van der Waals surface area contributed by atoms with Crippen LogP contribution in [-0.4, -0.2) is 43.5 Å². The highest BCUT2D eigenvalue weighted by molar-refractivity contribution is 5.85. The number of carbonyl (C=O) groups excluding carboxylic acids is 1. The molecule has 3 rings (SSSR count). The Morgan fingerprint density at radius 2 is 2.04 bits per heavy atom. The predicted molar refractivity (Wildman–Crippen MR) is 88.4 cm³/mol. The highest BCUT2D eigenvalue weighted by Gasteiger charge is 2.38. The lowest BCUT2D eigenvalue weighted by molar-refractivity contribution is -0.149. The normalized spacial score (nSPS) is 15.0. The third-order valence-electron chi connectivity index (χ3n) is 4.33. The summed E-state index contributed by atoms with van der Waals surface area (Å²) in [6, 6.07) is 9.22. The van der Waals surface area contributed by atoms with E-state index in [9.17, 15) is 14.7 Å². The molecule has 1 N–H and O–H groups in total. The Morgan fingerprint density at radius 1 is 1.33 bits per heavy atom. The van der Waals surface area contributed by atoms with E-state index in [2.05, 4.69) is 4.98 Å². The van der Waals surface area contributed by atoms with E-state index in [1.54, 1.807) is 19.4 Å². The van der Waals surface area contributed by atoms with Crippen LogP contribution in [-0.2, 0) is 22.6 Å². The van der Waals surface area contributed by atoms with Gasteiger partial charge in [0.25, 0.3) is 0 Å². The minimum absolute atomic E-state index is 0.0640. The first-order chi connectivity index (χ1) is 11.6. The van der Waals surface area contributed by atoms with Crippen LogP contribution in [0.2, 0.25) is 0 Å². The second-order valence-corrected chi connectivity index (χ2v) is 6.22. The van der Waals surface area contributed by atoms with Crippen LogP contribution >= 0.6 is 0 Å². The molecule has 1 aliphatic carbocycles. The summed E-state index contributed by atoms with van der Waals surface area (Å²) >= 11 is 0. The van der Waals surface area contributed by atoms with Crippen molar-refractivity contribution in [3.05, 3.63) is 54.1 Å². The minimum atomic E-state index is -0.965. The molecule has 2 aromatic rings. The number of carboxylic acids is 1. The van der Waals surface area contributed by atoms with Crippen LogP contribution < -0.4 is 0 Å². The summed E-state index contributed by atoms with van der Waals surface area (Å²) in [5.41, 5.74) is 1.93. The zero-order valence-corrected chi connectivity index (χ0v) is 13.6. The summed E-state index contributed by atoms with van der Waals surface area (Å²) in [6.07, 6.45) is 5.31. The summed E-state index contributed by atoms with van der Waals surface area (Å²) < 4.78 is 1.93. The van der Waals surface area contributed by atoms with E-state index in [4.69, 9.17) is 0 Å². The average molecular weight is 327 g/mol. The number of carbonyl (C=O) groups is 2. The van der Waals surface area contributed by atoms with Crippen molar-refractivity contribution in [2.24, 2.45) is 0 Å². The topological polar surface area (TPSA) is 75.4 Å². The predicted octanol–water partition coefficient (Wildman–Crippen LogP) is 1.94. The Labute approximate surface area is 140 Å². The molecule has 1 aromatic heterocycles. The van der Waals surface area contributed by atoms with E-state index in [-0.39, 0.29) is 18.4 Å². The molecule has 126 valence electrons. The first kappa shape index (κ1) is 16.2. The highest BCUT2D eigenvalue weighted by Crippen LogP contribution is 2.29. The fourth-order valence-electron chi connectivity index (χ4n) is 2.87. The number of rotatable bonds is 7. The van der Waals surface area contributed by atoms with Gasteiger partial charge in [-0.2, -0.15) is 0 Å². The molecule has 1 aliphatic rings. The lowest BCUT2D eigenvalue weighted by Gasteiger charge is -2.26. The molecule has 1 heterocycles. The van der Waals surface area contributed by atoms with E-state index >= 15 is 0 Å². The number of nitrogens with zero attached hydrogens (tertiary/aromatic N) is 3. The van der Waals surface area contributed by atoms with E-state index in [1.165, 1.54) is 4.90 Å². The fraction of sp³-hybridized carbons (Fsp3) is 0.389. The Balaban J connectivity index is 1.72. The molecule has 1 amide bonds. The van der Waals surface area contributed by atoms with E-state index in [0.717, 1.165) is 24.1 Å². The van der Waals surface area contributed by atoms with Crippen LogP contribution in [0.3, 0.4) is 0 Å². The van der Waals surface area contributed by atoms with Gasteiger partial charge in [0.1, 0.15) is 6.04 Å². The smallest absolute Gasteiger partial charge is 0.326 e. The lowest BCUT2D eigenvalue weighted by atomic mass is 10.2. The van der Waals surface area contributed by atoms with Crippen molar-refractivity contribution in [2.75, 3.05) is 0 Å². The van der Waals surface area contributed by atoms with Crippen molar-refractivity contribution in [1.82, 2.24) is 14.5 Å². The van der Waals surface area contributed by atoms with Crippen LogP contribution in [0.4, 0.5) is 0 Å². The molecule has 1 saturated carbocycles. The van der Waals surface area contributed by atoms with Crippen molar-refractivity contribution in [3.63, 3.8) is 0 Å².